The molecule has 13 nitrogen and oxygen atoms in total. The zero-order valence-electron chi connectivity index (χ0n) is 31.0. The molecule has 3 fully saturated rings. The fourth-order valence-electron chi connectivity index (χ4n) is 7.19. The topological polar surface area (TPSA) is 188 Å². The molecule has 2 aliphatic carbocycles. The second kappa shape index (κ2) is 17.8. The van der Waals surface area contributed by atoms with Crippen LogP contribution in [0.5, 0.6) is 0 Å². The molecule has 282 valence electrons. The van der Waals surface area contributed by atoms with Gasteiger partial charge in [-0.1, -0.05) is 59.3 Å². The van der Waals surface area contributed by atoms with Crippen LogP contribution in [0.3, 0.4) is 0 Å². The van der Waals surface area contributed by atoms with Crippen molar-refractivity contribution in [2.75, 3.05) is 25.9 Å². The highest BCUT2D eigenvalue weighted by Gasteiger charge is 2.47. The van der Waals surface area contributed by atoms with Crippen LogP contribution in [0.25, 0.3) is 0 Å². The first-order valence-electron chi connectivity index (χ1n) is 18.2. The highest BCUT2D eigenvalue weighted by atomic mass is 32.2. The normalized spacial score (nSPS) is 22.0. The van der Waals surface area contributed by atoms with Crippen molar-refractivity contribution in [3.05, 3.63) is 17.4 Å². The molecule has 50 heavy (non-hydrogen) atoms. The number of likely N-dealkylation sites (N-methyl/N-ethyl adjacent to an activating group) is 1. The lowest BCUT2D eigenvalue weighted by Gasteiger charge is -2.38. The summed E-state index contributed by atoms with van der Waals surface area (Å²) in [5.41, 5.74) is 8.62. The largest absolute Gasteiger partial charge is 0.363 e. The van der Waals surface area contributed by atoms with E-state index < -0.39 is 75.1 Å². The fourth-order valence-corrected chi connectivity index (χ4v) is 8.01. The van der Waals surface area contributed by atoms with Crippen molar-refractivity contribution in [2.45, 2.75) is 130 Å². The third-order valence-electron chi connectivity index (χ3n) is 10.5. The molecular weight excluding hydrogens is 660 g/mol. The van der Waals surface area contributed by atoms with Crippen LogP contribution in [-0.2, 0) is 29.2 Å². The Morgan fingerprint density at radius 1 is 0.960 bits per heavy atom. The minimum absolute atomic E-state index is 0.0555. The Morgan fingerprint density at radius 3 is 2.12 bits per heavy atom. The third-order valence-corrected chi connectivity index (χ3v) is 12.3. The number of sulfonamides is 1. The summed E-state index contributed by atoms with van der Waals surface area (Å²) >= 11 is 0. The lowest BCUT2D eigenvalue weighted by atomic mass is 9.80. The number of ketones is 1. The zero-order chi connectivity index (χ0) is 37.4. The van der Waals surface area contributed by atoms with Gasteiger partial charge in [0.15, 0.2) is 0 Å². The first-order chi connectivity index (χ1) is 23.3. The van der Waals surface area contributed by atoms with Crippen molar-refractivity contribution in [1.82, 2.24) is 25.2 Å². The van der Waals surface area contributed by atoms with Gasteiger partial charge in [0.05, 0.1) is 11.8 Å². The lowest BCUT2D eigenvalue weighted by Crippen LogP contribution is -2.62. The molecule has 5 N–H and O–H groups in total. The van der Waals surface area contributed by atoms with Gasteiger partial charge in [-0.25, -0.2) is 17.5 Å². The van der Waals surface area contributed by atoms with Gasteiger partial charge in [-0.15, -0.1) is 5.73 Å². The zero-order valence-corrected chi connectivity index (χ0v) is 31.9. The number of urea groups is 1. The molecule has 1 unspecified atom stereocenters. The van der Waals surface area contributed by atoms with E-state index in [4.69, 9.17) is 5.73 Å². The second-order valence-electron chi connectivity index (χ2n) is 15.7. The molecule has 3 aliphatic rings. The summed E-state index contributed by atoms with van der Waals surface area (Å²) in [6.07, 6.45) is 10.1. The van der Waals surface area contributed by atoms with E-state index in [-0.39, 0.29) is 30.7 Å². The SMILES string of the molecule is CCS(=O)(=O)N(C)C[C@@H](NC(=O)N[C@H](C(=O)N1CC[C@H](C=C=C(C)C)[C@H]1C(=O)NC(CC1CCC1)C(=O)C(N)=O)C(C)(C)C)C1CCCCC1. The smallest absolute Gasteiger partial charge is 0.315 e. The highest BCUT2D eigenvalue weighted by molar-refractivity contribution is 7.89. The van der Waals surface area contributed by atoms with Gasteiger partial charge in [-0.3, -0.25) is 19.2 Å². The number of Topliss-reactive ketones (excluding diaryl/α,β-unsaturated/α-hetero) is 1. The fraction of sp³-hybridized carbons (Fsp3) is 0.778. The van der Waals surface area contributed by atoms with Crippen molar-refractivity contribution in [3.63, 3.8) is 0 Å². The summed E-state index contributed by atoms with van der Waals surface area (Å²) in [5.74, 6) is -3.23. The molecule has 3 rings (SSSR count). The van der Waals surface area contributed by atoms with E-state index in [9.17, 15) is 32.4 Å². The van der Waals surface area contributed by atoms with E-state index in [1.54, 1.807) is 13.0 Å². The highest BCUT2D eigenvalue weighted by Crippen LogP contribution is 2.33. The van der Waals surface area contributed by atoms with Gasteiger partial charge in [-0.05, 0) is 75.4 Å². The van der Waals surface area contributed by atoms with E-state index in [0.717, 1.165) is 56.9 Å². The Hall–Kier alpha value is -3.22. The molecule has 0 radical (unpaired) electrons. The molecule has 1 heterocycles. The van der Waals surface area contributed by atoms with Crippen LogP contribution < -0.4 is 21.7 Å². The minimum atomic E-state index is -3.49. The summed E-state index contributed by atoms with van der Waals surface area (Å²) in [6, 6.07) is -4.21. The summed E-state index contributed by atoms with van der Waals surface area (Å²) in [7, 11) is -1.97. The maximum absolute atomic E-state index is 14.5. The first kappa shape index (κ1) is 41.2. The average Bonchev–Trinajstić information content (AvgIpc) is 3.46. The molecule has 0 bridgehead atoms. The van der Waals surface area contributed by atoms with Crippen molar-refractivity contribution in [2.24, 2.45) is 28.9 Å². The quantitative estimate of drug-likeness (QED) is 0.148. The summed E-state index contributed by atoms with van der Waals surface area (Å²) in [5, 5.41) is 8.66. The molecule has 0 aromatic heterocycles. The summed E-state index contributed by atoms with van der Waals surface area (Å²) < 4.78 is 26.5. The summed E-state index contributed by atoms with van der Waals surface area (Å²) in [4.78, 5) is 68.4. The van der Waals surface area contributed by atoms with Crippen molar-refractivity contribution >= 4 is 39.6 Å². The van der Waals surface area contributed by atoms with Gasteiger partial charge in [-0.2, -0.15) is 0 Å². The Balaban J connectivity index is 1.88. The first-order valence-corrected chi connectivity index (χ1v) is 19.8. The molecule has 0 spiro atoms. The van der Waals surface area contributed by atoms with E-state index in [2.05, 4.69) is 21.7 Å². The van der Waals surface area contributed by atoms with Crippen LogP contribution in [0.2, 0.25) is 0 Å². The number of carbonyl (C=O) groups excluding carboxylic acids is 5. The number of rotatable bonds is 15. The summed E-state index contributed by atoms with van der Waals surface area (Å²) in [6.45, 7) is 11.1. The second-order valence-corrected chi connectivity index (χ2v) is 18.0. The molecule has 14 heteroatoms. The van der Waals surface area contributed by atoms with Crippen molar-refractivity contribution < 1.29 is 32.4 Å². The maximum atomic E-state index is 14.5. The standard InChI is InChI=1S/C36H60N6O7S/c1-8-50(48,49)41(7)22-28(25-15-10-9-11-16-25)39-35(47)40-31(36(4,5)6)34(46)42-20-19-26(18-17-23(2)3)29(42)33(45)38-27(30(43)32(37)44)21-24-13-12-14-24/h18,24-29,31H,8-16,19-22H2,1-7H3,(H2,37,44)(H,38,45)(H2,39,40,47)/t26-,27?,28+,29-,31+/m0/s1. The van der Waals surface area contributed by atoms with Crippen LogP contribution in [0.4, 0.5) is 4.79 Å². The molecule has 0 aromatic carbocycles. The van der Waals surface area contributed by atoms with Crippen LogP contribution in [0, 0.1) is 23.2 Å². The van der Waals surface area contributed by atoms with Gasteiger partial charge >= 0.3 is 6.03 Å². The Labute approximate surface area is 298 Å². The molecule has 0 aromatic rings. The van der Waals surface area contributed by atoms with Crippen LogP contribution in [0.1, 0.15) is 106 Å². The van der Waals surface area contributed by atoms with E-state index >= 15 is 0 Å². The van der Waals surface area contributed by atoms with Crippen molar-refractivity contribution in [3.8, 4) is 0 Å². The molecule has 1 aliphatic heterocycles. The number of carbonyl (C=O) groups is 5. The van der Waals surface area contributed by atoms with Gasteiger partial charge in [0.2, 0.25) is 27.6 Å². The Bertz CT molecular complexity index is 1420. The number of primary amides is 1. The molecule has 2 saturated carbocycles. The number of amides is 5. The Morgan fingerprint density at radius 2 is 1.60 bits per heavy atom. The minimum Gasteiger partial charge on any atom is -0.363 e. The number of nitrogens with two attached hydrogens (primary N) is 1. The molecule has 5 amide bonds. The number of likely N-dealkylation sites (tertiary alicyclic amines) is 1. The maximum Gasteiger partial charge on any atom is 0.315 e. The molecule has 1 saturated heterocycles. The van der Waals surface area contributed by atoms with E-state index in [0.29, 0.717) is 12.8 Å². The number of nitrogens with one attached hydrogen (secondary N) is 3. The van der Waals surface area contributed by atoms with Crippen LogP contribution in [0.15, 0.2) is 17.4 Å². The predicted octanol–water partition coefficient (Wildman–Crippen LogP) is 3.00. The van der Waals surface area contributed by atoms with Gasteiger partial charge < -0.3 is 26.6 Å². The van der Waals surface area contributed by atoms with Gasteiger partial charge in [0.25, 0.3) is 5.91 Å². The lowest BCUT2D eigenvalue weighted by molar-refractivity contribution is -0.144. The number of hydrogen-bond donors (Lipinski definition) is 4. The van der Waals surface area contributed by atoms with Crippen LogP contribution in [-0.4, -0.2) is 97.2 Å². The van der Waals surface area contributed by atoms with Gasteiger partial charge in [0, 0.05) is 32.1 Å². The average molecular weight is 721 g/mol. The third kappa shape index (κ3) is 11.1. The number of hydrogen-bond acceptors (Lipinski definition) is 7. The van der Waals surface area contributed by atoms with Crippen LogP contribution >= 0.6 is 0 Å². The molecular formula is C36H60N6O7S. The predicted molar refractivity (Wildman–Crippen MR) is 192 cm³/mol. The van der Waals surface area contributed by atoms with Crippen molar-refractivity contribution in [1.29, 1.82) is 0 Å². The number of nitrogens with zero attached hydrogens (tertiary/aromatic N) is 2. The molecule has 5 atom stereocenters. The monoisotopic (exact) mass is 720 g/mol. The van der Waals surface area contributed by atoms with Gasteiger partial charge in [0.1, 0.15) is 12.1 Å². The van der Waals surface area contributed by atoms with E-state index in [1.807, 2.05) is 34.6 Å². The Kier molecular flexibility index (Phi) is 14.7. The van der Waals surface area contributed by atoms with E-state index in [1.165, 1.54) is 16.3 Å².